The molecule has 0 bridgehead atoms. The standard InChI is InChI=1S/C54H59N4O/c1-52(2,3)38-25-26-55-51(32-38)56-47-20-14-13-19-45(47)46-24-23-43(34-48(46)56)59-44-31-40(54(7,8)9)30-42(33-44)58-35-57(58,49-21-15-16-22-50(49)58)41-28-37(36-17-11-10-12-18-36)27-39(29-41)53(4,5)6/h13-16,19-36H,10-12,17-18H2,1-9H3/q+1/t57-,58?/m0/s1. The van der Waals surface area contributed by atoms with Gasteiger partial charge in [-0.1, -0.05) is 118 Å². The van der Waals surface area contributed by atoms with Gasteiger partial charge in [-0.2, -0.15) is 9.18 Å². The molecule has 2 aliphatic heterocycles. The molecule has 5 aromatic carbocycles. The number of nitrogens with zero attached hydrogens (tertiary/aromatic N) is 4. The minimum atomic E-state index is -0.0943. The number of rotatable bonds is 6. The van der Waals surface area contributed by atoms with Crippen LogP contribution in [-0.4, -0.2) is 9.55 Å². The highest BCUT2D eigenvalue weighted by molar-refractivity contribution is 6.09. The number of hydrogen-bond donors (Lipinski definition) is 0. The van der Waals surface area contributed by atoms with Gasteiger partial charge in [-0.25, -0.2) is 4.98 Å². The molecule has 10 rings (SSSR count). The first-order valence-corrected chi connectivity index (χ1v) is 21.8. The van der Waals surface area contributed by atoms with Gasteiger partial charge in [0.2, 0.25) is 11.4 Å². The summed E-state index contributed by atoms with van der Waals surface area (Å²) in [5, 5.41) is 2.39. The molecule has 7 aromatic rings. The molecule has 2 aromatic heterocycles. The molecule has 1 saturated carbocycles. The molecule has 1 aliphatic carbocycles. The van der Waals surface area contributed by atoms with Crippen molar-refractivity contribution in [3.8, 4) is 17.3 Å². The van der Waals surface area contributed by atoms with Crippen molar-refractivity contribution in [2.75, 3.05) is 0 Å². The minimum absolute atomic E-state index is 0.00180. The Hall–Kier alpha value is -5.23. The topological polar surface area (TPSA) is 27.1 Å². The highest BCUT2D eigenvalue weighted by Crippen LogP contribution is 2.75. The summed E-state index contributed by atoms with van der Waals surface area (Å²) in [4.78, 5) is 4.92. The molecular weight excluding hydrogens is 721 g/mol. The maximum atomic E-state index is 7.03. The number of pyridine rings is 1. The predicted molar refractivity (Wildman–Crippen MR) is 247 cm³/mol. The number of quaternary nitrogens is 2. The second kappa shape index (κ2) is 13.1. The molecule has 1 saturated heterocycles. The number of para-hydroxylation sites is 3. The molecule has 2 fully saturated rings. The number of benzene rings is 5. The van der Waals surface area contributed by atoms with Crippen LogP contribution < -0.4 is 13.9 Å². The summed E-state index contributed by atoms with van der Waals surface area (Å²) in [5.74, 6) is 3.20. The Morgan fingerprint density at radius 3 is 1.85 bits per heavy atom. The maximum absolute atomic E-state index is 7.03. The van der Waals surface area contributed by atoms with Crippen LogP contribution in [0.4, 0.5) is 22.7 Å². The Bertz CT molecular complexity index is 2790. The fraction of sp³-hybridized carbons (Fsp3) is 0.333. The summed E-state index contributed by atoms with van der Waals surface area (Å²) in [6.45, 7) is 23.3. The molecule has 0 radical (unpaired) electrons. The molecule has 5 nitrogen and oxygen atoms in total. The monoisotopic (exact) mass is 779 g/mol. The summed E-state index contributed by atoms with van der Waals surface area (Å²) in [7, 11) is 0. The van der Waals surface area contributed by atoms with Crippen LogP contribution in [0.5, 0.6) is 11.5 Å². The fourth-order valence-electron chi connectivity index (χ4n) is 10.1. The Balaban J connectivity index is 1.10. The van der Waals surface area contributed by atoms with Crippen molar-refractivity contribution in [1.82, 2.24) is 18.7 Å². The average molecular weight is 780 g/mol. The van der Waals surface area contributed by atoms with Gasteiger partial charge < -0.3 is 4.74 Å². The molecule has 4 heterocycles. The molecule has 2 atom stereocenters. The zero-order valence-corrected chi connectivity index (χ0v) is 36.4. The molecule has 300 valence electrons. The lowest BCUT2D eigenvalue weighted by Crippen LogP contribution is -2.46. The van der Waals surface area contributed by atoms with Gasteiger partial charge in [0, 0.05) is 59.4 Å². The van der Waals surface area contributed by atoms with E-state index in [0.29, 0.717) is 15.1 Å². The van der Waals surface area contributed by atoms with Crippen molar-refractivity contribution in [3.63, 3.8) is 0 Å². The Kier molecular flexibility index (Phi) is 8.46. The zero-order chi connectivity index (χ0) is 41.1. The van der Waals surface area contributed by atoms with E-state index in [1.165, 1.54) is 87.9 Å². The SMILES string of the molecule is CC(C)(C)c1cc(Oc2ccc3c4ccccc4n(-c4cc(C(C)(C)C)ccn4)c3c2)cc([N+]23[CH-][N@+]2(c2cc(C4CCCCC4)cc(C(C)(C)C)c2)c2ccccc23)c1. The van der Waals surface area contributed by atoms with E-state index in [9.17, 15) is 0 Å². The van der Waals surface area contributed by atoms with Crippen molar-refractivity contribution in [3.05, 3.63) is 150 Å². The molecule has 0 amide bonds. The van der Waals surface area contributed by atoms with E-state index in [0.717, 1.165) is 28.4 Å². The molecule has 3 aliphatic rings. The van der Waals surface area contributed by atoms with Crippen molar-refractivity contribution in [1.29, 1.82) is 0 Å². The second-order valence-corrected chi connectivity index (χ2v) is 20.6. The van der Waals surface area contributed by atoms with Crippen molar-refractivity contribution in [2.45, 2.75) is 117 Å². The van der Waals surface area contributed by atoms with E-state index >= 15 is 0 Å². The van der Waals surface area contributed by atoms with Crippen molar-refractivity contribution < 1.29 is 4.74 Å². The summed E-state index contributed by atoms with van der Waals surface area (Å²) in [6, 6.07) is 43.2. The largest absolute Gasteiger partial charge is 0.457 e. The summed E-state index contributed by atoms with van der Waals surface area (Å²) >= 11 is 0. The highest BCUT2D eigenvalue weighted by Gasteiger charge is 2.78. The maximum Gasteiger partial charge on any atom is 0.225 e. The fourth-order valence-corrected chi connectivity index (χ4v) is 10.1. The number of ether oxygens (including phenoxy) is 1. The Morgan fingerprint density at radius 1 is 0.559 bits per heavy atom. The molecule has 59 heavy (non-hydrogen) atoms. The Morgan fingerprint density at radius 2 is 1.17 bits per heavy atom. The van der Waals surface area contributed by atoms with Crippen LogP contribution >= 0.6 is 0 Å². The lowest BCUT2D eigenvalue weighted by molar-refractivity contribution is 0.418. The van der Waals surface area contributed by atoms with Gasteiger partial charge in [0.15, 0.2) is 18.0 Å². The quantitative estimate of drug-likeness (QED) is 0.0955. The van der Waals surface area contributed by atoms with E-state index in [1.807, 2.05) is 6.20 Å². The molecule has 5 heteroatoms. The molecule has 1 unspecified atom stereocenters. The Labute approximate surface area is 351 Å². The number of hydrogen-bond acceptors (Lipinski definition) is 2. The van der Waals surface area contributed by atoms with Crippen molar-refractivity contribution in [2.24, 2.45) is 0 Å². The normalized spacial score (nSPS) is 20.6. The van der Waals surface area contributed by atoms with Crippen LogP contribution in [0, 0.1) is 6.67 Å². The van der Waals surface area contributed by atoms with Gasteiger partial charge in [-0.15, -0.1) is 0 Å². The van der Waals surface area contributed by atoms with Crippen molar-refractivity contribution >= 4 is 44.6 Å². The number of aromatic nitrogens is 2. The first kappa shape index (κ1) is 38.0. The van der Waals surface area contributed by atoms with Crippen LogP contribution in [-0.2, 0) is 16.2 Å². The first-order chi connectivity index (χ1) is 28.1. The third-order valence-electron chi connectivity index (χ3n) is 13.5. The van der Waals surface area contributed by atoms with Crippen LogP contribution in [0.15, 0.2) is 121 Å². The van der Waals surface area contributed by atoms with E-state index in [4.69, 9.17) is 9.72 Å². The molecule has 0 N–H and O–H groups in total. The molecule has 0 spiro atoms. The lowest BCUT2D eigenvalue weighted by atomic mass is 9.80. The van der Waals surface area contributed by atoms with Crippen LogP contribution in [0.25, 0.3) is 27.6 Å². The lowest BCUT2D eigenvalue weighted by Gasteiger charge is -2.41. The second-order valence-electron chi connectivity index (χ2n) is 20.6. The van der Waals surface area contributed by atoms with E-state index < -0.39 is 0 Å². The van der Waals surface area contributed by atoms with Gasteiger partial charge >= 0.3 is 0 Å². The van der Waals surface area contributed by atoms with Crippen LogP contribution in [0.2, 0.25) is 0 Å². The van der Waals surface area contributed by atoms with Gasteiger partial charge in [0.05, 0.1) is 11.0 Å². The van der Waals surface area contributed by atoms with E-state index in [1.54, 1.807) is 0 Å². The van der Waals surface area contributed by atoms with Gasteiger partial charge in [-0.3, -0.25) is 4.57 Å². The van der Waals surface area contributed by atoms with Gasteiger partial charge in [-0.05, 0) is 93.7 Å². The van der Waals surface area contributed by atoms with E-state index in [2.05, 4.69) is 189 Å². The zero-order valence-electron chi connectivity index (χ0n) is 36.4. The van der Waals surface area contributed by atoms with Crippen LogP contribution in [0.1, 0.15) is 123 Å². The molecular formula is C54H59N4O+. The summed E-state index contributed by atoms with van der Waals surface area (Å²) in [6.07, 6.45) is 8.53. The third kappa shape index (κ3) is 5.98. The van der Waals surface area contributed by atoms with Gasteiger partial charge in [0.25, 0.3) is 0 Å². The van der Waals surface area contributed by atoms with E-state index in [-0.39, 0.29) is 16.2 Å². The smallest absolute Gasteiger partial charge is 0.225 e. The summed E-state index contributed by atoms with van der Waals surface area (Å²) < 4.78 is 10.7. The predicted octanol–water partition coefficient (Wildman–Crippen LogP) is 15.3. The minimum Gasteiger partial charge on any atom is -0.457 e. The highest BCUT2D eigenvalue weighted by atomic mass is 16.5. The van der Waals surface area contributed by atoms with Crippen LogP contribution in [0.3, 0.4) is 0 Å². The first-order valence-electron chi connectivity index (χ1n) is 21.8. The average Bonchev–Trinajstić information content (AvgIpc) is 3.71. The third-order valence-corrected chi connectivity index (χ3v) is 13.5. The van der Waals surface area contributed by atoms with Gasteiger partial charge in [0.1, 0.15) is 17.3 Å². The summed E-state index contributed by atoms with van der Waals surface area (Å²) in [5.41, 5.74) is 12.9. The number of fused-ring (bicyclic) bond motifs is 7.